The minimum Gasteiger partial charge on any atom is -0.497 e. The van der Waals surface area contributed by atoms with Crippen molar-refractivity contribution >= 4 is 17.2 Å². The van der Waals surface area contributed by atoms with Crippen molar-refractivity contribution in [2.24, 2.45) is 0 Å². The third kappa shape index (κ3) is 3.24. The smallest absolute Gasteiger partial charge is 0.255 e. The van der Waals surface area contributed by atoms with E-state index in [1.54, 1.807) is 13.3 Å². The van der Waals surface area contributed by atoms with Crippen molar-refractivity contribution in [2.45, 2.75) is 32.2 Å². The summed E-state index contributed by atoms with van der Waals surface area (Å²) in [7, 11) is 1.63. The molecule has 1 aromatic carbocycles. The summed E-state index contributed by atoms with van der Waals surface area (Å²) in [6.45, 7) is 0.563. The maximum atomic E-state index is 12.7. The molecule has 26 heavy (non-hydrogen) atoms. The normalized spacial score (nSPS) is 13.3. The first kappa shape index (κ1) is 16.8. The monoisotopic (exact) mass is 367 g/mol. The second-order valence-electron chi connectivity index (χ2n) is 6.44. The minimum atomic E-state index is -0.118. The van der Waals surface area contributed by atoms with Crippen molar-refractivity contribution in [2.75, 3.05) is 7.11 Å². The molecule has 2 N–H and O–H groups in total. The number of rotatable bonds is 5. The summed E-state index contributed by atoms with van der Waals surface area (Å²) in [5.74, 6) is 0.626. The SMILES string of the molecule is COc1cccc(-c2[nH]ncc2C(=O)NCc2csc3c2CCCC3)c1. The van der Waals surface area contributed by atoms with Gasteiger partial charge in [0.25, 0.3) is 5.91 Å². The number of benzene rings is 1. The number of carbonyl (C=O) groups is 1. The zero-order chi connectivity index (χ0) is 17.9. The van der Waals surface area contributed by atoms with E-state index in [0.717, 1.165) is 17.7 Å². The molecule has 0 radical (unpaired) electrons. The van der Waals surface area contributed by atoms with Gasteiger partial charge in [-0.25, -0.2) is 0 Å². The summed E-state index contributed by atoms with van der Waals surface area (Å²) in [5.41, 5.74) is 4.82. The summed E-state index contributed by atoms with van der Waals surface area (Å²) < 4.78 is 5.27. The van der Waals surface area contributed by atoms with Crippen LogP contribution in [0.1, 0.15) is 39.2 Å². The number of nitrogens with zero attached hydrogens (tertiary/aromatic N) is 1. The molecule has 4 rings (SSSR count). The Hall–Kier alpha value is -2.60. The second kappa shape index (κ2) is 7.33. The molecule has 0 spiro atoms. The number of thiophene rings is 1. The van der Waals surface area contributed by atoms with Gasteiger partial charge in [-0.05, 0) is 54.3 Å². The fraction of sp³-hybridized carbons (Fsp3) is 0.300. The van der Waals surface area contributed by atoms with Crippen LogP contribution in [0.25, 0.3) is 11.3 Å². The summed E-state index contributed by atoms with van der Waals surface area (Å²) >= 11 is 1.82. The van der Waals surface area contributed by atoms with Gasteiger partial charge in [0, 0.05) is 17.0 Å². The summed E-state index contributed by atoms with van der Waals surface area (Å²) in [4.78, 5) is 14.2. The van der Waals surface area contributed by atoms with Gasteiger partial charge < -0.3 is 10.1 Å². The lowest BCUT2D eigenvalue weighted by Crippen LogP contribution is -2.23. The van der Waals surface area contributed by atoms with Gasteiger partial charge in [0.05, 0.1) is 24.6 Å². The highest BCUT2D eigenvalue weighted by Crippen LogP contribution is 2.30. The molecule has 3 aromatic rings. The highest BCUT2D eigenvalue weighted by Gasteiger charge is 2.18. The van der Waals surface area contributed by atoms with Crippen molar-refractivity contribution in [3.05, 3.63) is 57.4 Å². The highest BCUT2D eigenvalue weighted by atomic mass is 32.1. The quantitative estimate of drug-likeness (QED) is 0.717. The second-order valence-corrected chi connectivity index (χ2v) is 7.41. The predicted octanol–water partition coefficient (Wildman–Crippen LogP) is 3.96. The van der Waals surface area contributed by atoms with Crippen molar-refractivity contribution in [3.63, 3.8) is 0 Å². The van der Waals surface area contributed by atoms with E-state index in [4.69, 9.17) is 4.74 Å². The van der Waals surface area contributed by atoms with E-state index in [-0.39, 0.29) is 5.91 Å². The first-order chi connectivity index (χ1) is 12.8. The highest BCUT2D eigenvalue weighted by molar-refractivity contribution is 7.10. The first-order valence-electron chi connectivity index (χ1n) is 8.80. The number of hydrogen-bond donors (Lipinski definition) is 2. The Labute approximate surface area is 156 Å². The third-order valence-corrected chi connectivity index (χ3v) is 5.97. The average molecular weight is 367 g/mol. The Bertz CT molecular complexity index is 929. The van der Waals surface area contributed by atoms with Crippen LogP contribution in [0.15, 0.2) is 35.8 Å². The van der Waals surface area contributed by atoms with Gasteiger partial charge in [-0.3, -0.25) is 9.89 Å². The zero-order valence-corrected chi connectivity index (χ0v) is 15.5. The van der Waals surface area contributed by atoms with Crippen LogP contribution >= 0.6 is 11.3 Å². The lowest BCUT2D eigenvalue weighted by molar-refractivity contribution is 0.0951. The molecule has 6 heteroatoms. The van der Waals surface area contributed by atoms with E-state index < -0.39 is 0 Å². The van der Waals surface area contributed by atoms with Gasteiger partial charge in [-0.1, -0.05) is 12.1 Å². The first-order valence-corrected chi connectivity index (χ1v) is 9.68. The average Bonchev–Trinajstić information content (AvgIpc) is 3.33. The Morgan fingerprint density at radius 1 is 1.35 bits per heavy atom. The maximum Gasteiger partial charge on any atom is 0.255 e. The molecule has 2 aromatic heterocycles. The van der Waals surface area contributed by atoms with E-state index >= 15 is 0 Å². The molecule has 1 aliphatic carbocycles. The number of methoxy groups -OCH3 is 1. The number of aromatic amines is 1. The van der Waals surface area contributed by atoms with Gasteiger partial charge in [0.2, 0.25) is 0 Å². The third-order valence-electron chi connectivity index (χ3n) is 4.83. The van der Waals surface area contributed by atoms with E-state index in [1.807, 2.05) is 35.6 Å². The maximum absolute atomic E-state index is 12.7. The van der Waals surface area contributed by atoms with Crippen LogP contribution in [0.2, 0.25) is 0 Å². The molecule has 5 nitrogen and oxygen atoms in total. The largest absolute Gasteiger partial charge is 0.497 e. The van der Waals surface area contributed by atoms with Gasteiger partial charge in [-0.15, -0.1) is 11.3 Å². The Morgan fingerprint density at radius 2 is 2.23 bits per heavy atom. The zero-order valence-electron chi connectivity index (χ0n) is 14.7. The lowest BCUT2D eigenvalue weighted by atomic mass is 9.96. The topological polar surface area (TPSA) is 67.0 Å². The molecule has 1 amide bonds. The molecule has 0 unspecified atom stereocenters. The van der Waals surface area contributed by atoms with E-state index in [2.05, 4.69) is 20.9 Å². The van der Waals surface area contributed by atoms with Crippen LogP contribution < -0.4 is 10.1 Å². The van der Waals surface area contributed by atoms with Crippen LogP contribution in [0.3, 0.4) is 0 Å². The van der Waals surface area contributed by atoms with Gasteiger partial charge >= 0.3 is 0 Å². The van der Waals surface area contributed by atoms with E-state index in [1.165, 1.54) is 35.3 Å². The molecule has 0 saturated carbocycles. The molecular weight excluding hydrogens is 346 g/mol. The molecule has 0 atom stereocenters. The Morgan fingerprint density at radius 3 is 3.12 bits per heavy atom. The molecule has 2 heterocycles. The lowest BCUT2D eigenvalue weighted by Gasteiger charge is -2.13. The fourth-order valence-corrected chi connectivity index (χ4v) is 4.58. The van der Waals surface area contributed by atoms with Crippen LogP contribution in [0.5, 0.6) is 5.75 Å². The van der Waals surface area contributed by atoms with Crippen molar-refractivity contribution < 1.29 is 9.53 Å². The number of nitrogens with one attached hydrogen (secondary N) is 2. The molecule has 0 aliphatic heterocycles. The Balaban J connectivity index is 1.51. The number of ether oxygens (including phenoxy) is 1. The van der Waals surface area contributed by atoms with Crippen LogP contribution in [-0.4, -0.2) is 23.2 Å². The number of fused-ring (bicyclic) bond motifs is 1. The van der Waals surface area contributed by atoms with E-state index in [0.29, 0.717) is 17.8 Å². The van der Waals surface area contributed by atoms with Crippen LogP contribution in [-0.2, 0) is 19.4 Å². The fourth-order valence-electron chi connectivity index (χ4n) is 3.44. The Kier molecular flexibility index (Phi) is 4.75. The van der Waals surface area contributed by atoms with Crippen molar-refractivity contribution in [1.82, 2.24) is 15.5 Å². The number of aryl methyl sites for hydroxylation is 1. The number of aromatic nitrogens is 2. The molecule has 1 aliphatic rings. The summed E-state index contributed by atoms with van der Waals surface area (Å²) in [6.07, 6.45) is 6.40. The molecule has 134 valence electrons. The van der Waals surface area contributed by atoms with Crippen LogP contribution in [0, 0.1) is 0 Å². The van der Waals surface area contributed by atoms with Gasteiger partial charge in [-0.2, -0.15) is 5.10 Å². The van der Waals surface area contributed by atoms with Crippen molar-refractivity contribution in [3.8, 4) is 17.0 Å². The molecule has 0 fully saturated rings. The standard InChI is InChI=1S/C20H21N3O2S/c1-25-15-6-4-5-13(9-15)19-17(11-22-23-19)20(24)21-10-14-12-26-18-8-3-2-7-16(14)18/h4-6,9,11-12H,2-3,7-8,10H2,1H3,(H,21,24)(H,22,23). The molecule has 0 saturated heterocycles. The van der Waals surface area contributed by atoms with Gasteiger partial charge in [0.1, 0.15) is 5.75 Å². The number of amides is 1. The van der Waals surface area contributed by atoms with Crippen molar-refractivity contribution in [1.29, 1.82) is 0 Å². The summed E-state index contributed by atoms with van der Waals surface area (Å²) in [6, 6.07) is 7.59. The minimum absolute atomic E-state index is 0.118. The molecule has 0 bridgehead atoms. The predicted molar refractivity (Wildman–Crippen MR) is 103 cm³/mol. The van der Waals surface area contributed by atoms with E-state index in [9.17, 15) is 4.79 Å². The van der Waals surface area contributed by atoms with Crippen LogP contribution in [0.4, 0.5) is 0 Å². The number of H-pyrrole nitrogens is 1. The molecular formula is C20H21N3O2S. The summed E-state index contributed by atoms with van der Waals surface area (Å²) in [5, 5.41) is 12.2. The van der Waals surface area contributed by atoms with Gasteiger partial charge in [0.15, 0.2) is 0 Å². The number of carbonyl (C=O) groups excluding carboxylic acids is 1. The number of hydrogen-bond acceptors (Lipinski definition) is 4.